The van der Waals surface area contributed by atoms with Crippen molar-refractivity contribution in [1.82, 2.24) is 15.1 Å². The van der Waals surface area contributed by atoms with Gasteiger partial charge in [-0.3, -0.25) is 9.59 Å². The topological polar surface area (TPSA) is 89.9 Å². The van der Waals surface area contributed by atoms with Gasteiger partial charge in [-0.1, -0.05) is 0 Å². The molecule has 9 heteroatoms. The number of nitrogens with zero attached hydrogens (tertiary/aromatic N) is 2. The Bertz CT molecular complexity index is 749. The third-order valence-corrected chi connectivity index (χ3v) is 6.13. The van der Waals surface area contributed by atoms with Crippen LogP contribution in [0.5, 0.6) is 0 Å². The van der Waals surface area contributed by atoms with Gasteiger partial charge in [-0.15, -0.1) is 22.7 Å². The summed E-state index contributed by atoms with van der Waals surface area (Å²) in [4.78, 5) is 39.3. The van der Waals surface area contributed by atoms with E-state index in [2.05, 4.69) is 5.32 Å². The molecule has 1 fully saturated rings. The van der Waals surface area contributed by atoms with Crippen molar-refractivity contribution in [2.75, 3.05) is 32.7 Å². The SMILES string of the molecule is O=C(O)CCCNC(=O)N1CCN(C(=O)c2cc3sccc3s2)CC1. The smallest absolute Gasteiger partial charge is 0.317 e. The molecule has 2 N–H and O–H groups in total. The lowest BCUT2D eigenvalue weighted by Crippen LogP contribution is -2.53. The molecular weight excluding hydrogens is 362 g/mol. The van der Waals surface area contributed by atoms with Crippen LogP contribution in [0.4, 0.5) is 4.79 Å². The molecular formula is C16H19N3O4S2. The molecule has 2 aromatic heterocycles. The molecule has 3 heterocycles. The number of nitrogens with one attached hydrogen (secondary N) is 1. The van der Waals surface area contributed by atoms with Crippen molar-refractivity contribution in [2.45, 2.75) is 12.8 Å². The van der Waals surface area contributed by atoms with E-state index >= 15 is 0 Å². The Hall–Kier alpha value is -2.13. The molecule has 0 saturated carbocycles. The molecule has 1 saturated heterocycles. The summed E-state index contributed by atoms with van der Waals surface area (Å²) < 4.78 is 2.26. The van der Waals surface area contributed by atoms with Crippen LogP contribution in [-0.2, 0) is 4.79 Å². The lowest BCUT2D eigenvalue weighted by molar-refractivity contribution is -0.137. The minimum atomic E-state index is -0.866. The second kappa shape index (κ2) is 7.83. The van der Waals surface area contributed by atoms with Gasteiger partial charge >= 0.3 is 12.0 Å². The lowest BCUT2D eigenvalue weighted by atomic mass is 10.3. The molecule has 0 bridgehead atoms. The molecule has 3 amide bonds. The van der Waals surface area contributed by atoms with Crippen molar-refractivity contribution >= 4 is 50.0 Å². The molecule has 7 nitrogen and oxygen atoms in total. The number of fused-ring (bicyclic) bond motifs is 1. The fourth-order valence-electron chi connectivity index (χ4n) is 2.69. The Morgan fingerprint density at radius 2 is 1.84 bits per heavy atom. The van der Waals surface area contributed by atoms with Gasteiger partial charge in [0.2, 0.25) is 0 Å². The van der Waals surface area contributed by atoms with Crippen LogP contribution < -0.4 is 5.32 Å². The molecule has 1 aliphatic heterocycles. The fraction of sp³-hybridized carbons (Fsp3) is 0.438. The van der Waals surface area contributed by atoms with Gasteiger partial charge in [0.1, 0.15) is 0 Å². The van der Waals surface area contributed by atoms with E-state index in [0.29, 0.717) is 39.1 Å². The fourth-order valence-corrected chi connectivity index (χ4v) is 4.76. The van der Waals surface area contributed by atoms with Crippen molar-refractivity contribution in [3.05, 3.63) is 22.4 Å². The van der Waals surface area contributed by atoms with Crippen LogP contribution in [0.15, 0.2) is 17.5 Å². The van der Waals surface area contributed by atoms with Gasteiger partial charge in [-0.05, 0) is 23.9 Å². The normalized spacial score (nSPS) is 14.7. The maximum absolute atomic E-state index is 12.6. The highest BCUT2D eigenvalue weighted by atomic mass is 32.1. The molecule has 1 aliphatic rings. The van der Waals surface area contributed by atoms with Crippen molar-refractivity contribution < 1.29 is 19.5 Å². The third-order valence-electron chi connectivity index (χ3n) is 4.05. The van der Waals surface area contributed by atoms with E-state index in [1.165, 1.54) is 11.3 Å². The highest BCUT2D eigenvalue weighted by Crippen LogP contribution is 2.30. The summed E-state index contributed by atoms with van der Waals surface area (Å²) in [5.41, 5.74) is 0. The maximum atomic E-state index is 12.6. The molecule has 0 spiro atoms. The number of urea groups is 1. The number of amides is 3. The second-order valence-corrected chi connectivity index (χ2v) is 7.80. The predicted molar refractivity (Wildman–Crippen MR) is 97.4 cm³/mol. The Balaban J connectivity index is 1.46. The zero-order valence-electron chi connectivity index (χ0n) is 13.6. The maximum Gasteiger partial charge on any atom is 0.317 e. The van der Waals surface area contributed by atoms with Crippen molar-refractivity contribution in [2.24, 2.45) is 0 Å². The number of carboxylic acids is 1. The summed E-state index contributed by atoms with van der Waals surface area (Å²) in [7, 11) is 0. The number of carbonyl (C=O) groups excluding carboxylic acids is 2. The Kier molecular flexibility index (Phi) is 5.54. The number of hydrogen-bond acceptors (Lipinski definition) is 5. The van der Waals surface area contributed by atoms with E-state index < -0.39 is 5.97 Å². The minimum Gasteiger partial charge on any atom is -0.481 e. The second-order valence-electron chi connectivity index (χ2n) is 5.77. The first-order valence-corrected chi connectivity index (χ1v) is 9.75. The first-order valence-electron chi connectivity index (χ1n) is 8.05. The molecule has 0 radical (unpaired) electrons. The summed E-state index contributed by atoms with van der Waals surface area (Å²) in [6, 6.07) is 3.76. The van der Waals surface area contributed by atoms with Crippen molar-refractivity contribution in [1.29, 1.82) is 0 Å². The molecule has 0 atom stereocenters. The standard InChI is InChI=1S/C16H19N3O4S2/c20-14(21)2-1-4-17-16(23)19-7-5-18(6-8-19)15(22)13-10-12-11(25-13)3-9-24-12/h3,9-10H,1-2,4-8H2,(H,17,23)(H,20,21). The van der Waals surface area contributed by atoms with Crippen LogP contribution in [0.25, 0.3) is 9.40 Å². The van der Waals surface area contributed by atoms with E-state index in [0.717, 1.165) is 14.3 Å². The van der Waals surface area contributed by atoms with Crippen LogP contribution in [0, 0.1) is 0 Å². The largest absolute Gasteiger partial charge is 0.481 e. The quantitative estimate of drug-likeness (QED) is 0.778. The molecule has 0 aliphatic carbocycles. The number of carboxylic acid groups (broad SMARTS) is 1. The van der Waals surface area contributed by atoms with E-state index in [1.807, 2.05) is 17.5 Å². The number of piperazine rings is 1. The first-order chi connectivity index (χ1) is 12.0. The average molecular weight is 381 g/mol. The Morgan fingerprint density at radius 3 is 2.52 bits per heavy atom. The van der Waals surface area contributed by atoms with E-state index in [-0.39, 0.29) is 18.4 Å². The van der Waals surface area contributed by atoms with Crippen LogP contribution in [0.1, 0.15) is 22.5 Å². The molecule has 0 unspecified atom stereocenters. The Labute approximate surface area is 152 Å². The van der Waals surface area contributed by atoms with E-state index in [9.17, 15) is 14.4 Å². The summed E-state index contributed by atoms with van der Waals surface area (Å²) in [5, 5.41) is 13.3. The summed E-state index contributed by atoms with van der Waals surface area (Å²) >= 11 is 3.14. The average Bonchev–Trinajstić information content (AvgIpc) is 3.19. The van der Waals surface area contributed by atoms with Gasteiger partial charge in [0.15, 0.2) is 0 Å². The Morgan fingerprint density at radius 1 is 1.12 bits per heavy atom. The van der Waals surface area contributed by atoms with Crippen molar-refractivity contribution in [3.8, 4) is 0 Å². The summed E-state index contributed by atoms with van der Waals surface area (Å²) in [6.45, 7) is 2.32. The van der Waals surface area contributed by atoms with Gasteiger partial charge in [0.05, 0.1) is 4.88 Å². The molecule has 0 aromatic carbocycles. The van der Waals surface area contributed by atoms with Gasteiger partial charge < -0.3 is 20.2 Å². The van der Waals surface area contributed by atoms with E-state index in [4.69, 9.17) is 5.11 Å². The lowest BCUT2D eigenvalue weighted by Gasteiger charge is -2.34. The molecule has 3 rings (SSSR count). The van der Waals surface area contributed by atoms with Gasteiger partial charge in [0, 0.05) is 48.5 Å². The van der Waals surface area contributed by atoms with Gasteiger partial charge in [0.25, 0.3) is 5.91 Å². The number of hydrogen-bond donors (Lipinski definition) is 2. The van der Waals surface area contributed by atoms with Crippen LogP contribution in [0.3, 0.4) is 0 Å². The minimum absolute atomic E-state index is 0.0231. The van der Waals surface area contributed by atoms with Crippen molar-refractivity contribution in [3.63, 3.8) is 0 Å². The highest BCUT2D eigenvalue weighted by Gasteiger charge is 2.25. The number of aliphatic carboxylic acids is 1. The zero-order valence-corrected chi connectivity index (χ0v) is 15.2. The number of rotatable bonds is 5. The predicted octanol–water partition coefficient (Wildman–Crippen LogP) is 2.30. The van der Waals surface area contributed by atoms with Crippen LogP contribution >= 0.6 is 22.7 Å². The summed E-state index contributed by atoms with van der Waals surface area (Å²) in [5.74, 6) is -0.843. The molecule has 25 heavy (non-hydrogen) atoms. The number of carbonyl (C=O) groups is 3. The summed E-state index contributed by atoms with van der Waals surface area (Å²) in [6.07, 6.45) is 0.454. The zero-order chi connectivity index (χ0) is 17.8. The molecule has 2 aromatic rings. The number of thiophene rings is 2. The van der Waals surface area contributed by atoms with Crippen LogP contribution in [-0.4, -0.2) is 65.5 Å². The molecule has 134 valence electrons. The van der Waals surface area contributed by atoms with Gasteiger partial charge in [-0.25, -0.2) is 4.79 Å². The first kappa shape index (κ1) is 17.7. The van der Waals surface area contributed by atoms with E-state index in [1.54, 1.807) is 21.1 Å². The monoisotopic (exact) mass is 381 g/mol. The van der Waals surface area contributed by atoms with Gasteiger partial charge in [-0.2, -0.15) is 0 Å². The third kappa shape index (κ3) is 4.29. The van der Waals surface area contributed by atoms with Crippen LogP contribution in [0.2, 0.25) is 0 Å². The highest BCUT2D eigenvalue weighted by molar-refractivity contribution is 7.27.